The topological polar surface area (TPSA) is 52.4 Å². The van der Waals surface area contributed by atoms with Gasteiger partial charge in [-0.15, -0.1) is 11.3 Å². The second-order valence-corrected chi connectivity index (χ2v) is 6.09. The molecule has 2 rings (SSSR count). The van der Waals surface area contributed by atoms with Gasteiger partial charge in [-0.25, -0.2) is 0 Å². The van der Waals surface area contributed by atoms with Gasteiger partial charge in [-0.1, -0.05) is 0 Å². The number of hydrogen-bond acceptors (Lipinski definition) is 4. The van der Waals surface area contributed by atoms with Crippen LogP contribution in [-0.4, -0.2) is 4.92 Å². The molecule has 4 nitrogen and oxygen atoms in total. The van der Waals surface area contributed by atoms with Crippen LogP contribution in [0.2, 0.25) is 0 Å². The third-order valence-electron chi connectivity index (χ3n) is 2.68. The maximum absolute atomic E-state index is 10.8. The Balaban J connectivity index is 2.17. The number of nitro groups is 1. The number of benzene rings is 1. The Morgan fingerprint density at radius 1 is 1.32 bits per heavy atom. The van der Waals surface area contributed by atoms with Crippen LogP contribution < -0.4 is 4.74 Å². The highest BCUT2D eigenvalue weighted by Crippen LogP contribution is 2.29. The number of nitro benzene ring substituents is 1. The lowest BCUT2D eigenvalue weighted by Gasteiger charge is -2.09. The summed E-state index contributed by atoms with van der Waals surface area (Å²) in [4.78, 5) is 11.6. The van der Waals surface area contributed by atoms with Crippen molar-refractivity contribution in [3.8, 4) is 5.75 Å². The molecule has 1 aromatic carbocycles. The molecule has 0 N–H and O–H groups in total. The second kappa shape index (κ2) is 5.71. The Morgan fingerprint density at radius 3 is 2.63 bits per heavy atom. The summed E-state index contributed by atoms with van der Waals surface area (Å²) in [5, 5.41) is 12.8. The van der Waals surface area contributed by atoms with Crippen LogP contribution >= 0.6 is 27.3 Å². The van der Waals surface area contributed by atoms with Crippen molar-refractivity contribution >= 4 is 33.0 Å². The number of thiophene rings is 1. The summed E-state index contributed by atoms with van der Waals surface area (Å²) in [5.41, 5.74) is 1.51. The van der Waals surface area contributed by atoms with Gasteiger partial charge in [-0.2, -0.15) is 0 Å². The lowest BCUT2D eigenvalue weighted by molar-refractivity contribution is -0.385. The number of halogens is 1. The van der Waals surface area contributed by atoms with Gasteiger partial charge in [0.25, 0.3) is 5.69 Å². The van der Waals surface area contributed by atoms with Gasteiger partial charge in [-0.3, -0.25) is 10.1 Å². The van der Waals surface area contributed by atoms with Crippen LogP contribution in [0.4, 0.5) is 5.69 Å². The Labute approximate surface area is 123 Å². The number of aryl methyl sites for hydroxylation is 2. The molecular formula is C13H12BrNO3S. The normalized spacial score (nSPS) is 10.5. The van der Waals surface area contributed by atoms with E-state index in [1.165, 1.54) is 0 Å². The average molecular weight is 342 g/mol. The first-order valence-corrected chi connectivity index (χ1v) is 7.26. The summed E-state index contributed by atoms with van der Waals surface area (Å²) >= 11 is 5.00. The molecule has 0 saturated carbocycles. The molecule has 0 spiro atoms. The van der Waals surface area contributed by atoms with Gasteiger partial charge in [-0.05, 0) is 47.5 Å². The molecule has 0 bridgehead atoms. The highest BCUT2D eigenvalue weighted by molar-refractivity contribution is 9.10. The molecule has 0 atom stereocenters. The molecule has 0 aliphatic rings. The van der Waals surface area contributed by atoms with Crippen LogP contribution in [0.3, 0.4) is 0 Å². The van der Waals surface area contributed by atoms with Crippen molar-refractivity contribution in [1.82, 2.24) is 0 Å². The van der Waals surface area contributed by atoms with Crippen molar-refractivity contribution < 1.29 is 9.66 Å². The van der Waals surface area contributed by atoms with Crippen LogP contribution in [-0.2, 0) is 6.61 Å². The molecule has 2 aromatic rings. The van der Waals surface area contributed by atoms with Crippen molar-refractivity contribution in [3.05, 3.63) is 54.2 Å². The predicted octanol–water partition coefficient (Wildman–Crippen LogP) is 4.61. The van der Waals surface area contributed by atoms with Crippen molar-refractivity contribution in [2.24, 2.45) is 0 Å². The van der Waals surface area contributed by atoms with E-state index in [4.69, 9.17) is 4.74 Å². The quantitative estimate of drug-likeness (QED) is 0.602. The highest BCUT2D eigenvalue weighted by Gasteiger charge is 2.14. The Morgan fingerprint density at radius 2 is 2.05 bits per heavy atom. The molecular weight excluding hydrogens is 330 g/mol. The maximum atomic E-state index is 10.8. The molecule has 0 amide bonds. The van der Waals surface area contributed by atoms with E-state index in [1.807, 2.05) is 18.4 Å². The van der Waals surface area contributed by atoms with E-state index in [9.17, 15) is 10.1 Å². The van der Waals surface area contributed by atoms with E-state index in [-0.39, 0.29) is 10.6 Å². The number of hydrogen-bond donors (Lipinski definition) is 0. The Kier molecular flexibility index (Phi) is 4.21. The molecule has 0 aliphatic carbocycles. The van der Waals surface area contributed by atoms with Gasteiger partial charge in [0, 0.05) is 26.4 Å². The molecule has 0 aliphatic heterocycles. The van der Waals surface area contributed by atoms with Crippen LogP contribution in [0, 0.1) is 24.0 Å². The lowest BCUT2D eigenvalue weighted by atomic mass is 10.1. The van der Waals surface area contributed by atoms with Crippen LogP contribution in [0.25, 0.3) is 0 Å². The van der Waals surface area contributed by atoms with Crippen LogP contribution in [0.5, 0.6) is 5.75 Å². The molecule has 1 aromatic heterocycles. The third-order valence-corrected chi connectivity index (χ3v) is 4.35. The van der Waals surface area contributed by atoms with Gasteiger partial charge in [0.2, 0.25) is 0 Å². The molecule has 6 heteroatoms. The largest absolute Gasteiger partial charge is 0.488 e. The zero-order valence-corrected chi connectivity index (χ0v) is 12.9. The number of ether oxygens (including phenoxy) is 1. The van der Waals surface area contributed by atoms with Crippen LogP contribution in [0.15, 0.2) is 28.1 Å². The van der Waals surface area contributed by atoms with Gasteiger partial charge in [0.05, 0.1) is 4.92 Å². The highest BCUT2D eigenvalue weighted by atomic mass is 79.9. The van der Waals surface area contributed by atoms with Crippen molar-refractivity contribution in [3.63, 3.8) is 0 Å². The van der Waals surface area contributed by atoms with E-state index in [0.717, 1.165) is 14.9 Å². The van der Waals surface area contributed by atoms with Gasteiger partial charge in [0.1, 0.15) is 12.4 Å². The van der Waals surface area contributed by atoms with E-state index in [0.29, 0.717) is 17.9 Å². The summed E-state index contributed by atoms with van der Waals surface area (Å²) < 4.78 is 6.75. The first-order valence-electron chi connectivity index (χ1n) is 5.58. The van der Waals surface area contributed by atoms with E-state index in [1.54, 1.807) is 30.4 Å². The van der Waals surface area contributed by atoms with E-state index in [2.05, 4.69) is 15.9 Å². The van der Waals surface area contributed by atoms with Crippen LogP contribution in [0.1, 0.15) is 16.0 Å². The summed E-state index contributed by atoms with van der Waals surface area (Å²) in [6, 6.07) is 5.27. The van der Waals surface area contributed by atoms with Gasteiger partial charge >= 0.3 is 0 Å². The standard InChI is InChI=1S/C13H12BrNO3S/c1-8-4-13(9(2)3-12(8)15(16)17)18-6-11-5-10(14)7-19-11/h3-5,7H,6H2,1-2H3. The van der Waals surface area contributed by atoms with E-state index >= 15 is 0 Å². The molecule has 0 fully saturated rings. The number of rotatable bonds is 4. The zero-order valence-electron chi connectivity index (χ0n) is 10.5. The molecule has 19 heavy (non-hydrogen) atoms. The summed E-state index contributed by atoms with van der Waals surface area (Å²) in [7, 11) is 0. The molecule has 100 valence electrons. The van der Waals surface area contributed by atoms with Gasteiger partial charge < -0.3 is 4.74 Å². The van der Waals surface area contributed by atoms with E-state index < -0.39 is 0 Å². The minimum absolute atomic E-state index is 0.128. The monoisotopic (exact) mass is 341 g/mol. The predicted molar refractivity (Wildman–Crippen MR) is 78.9 cm³/mol. The van der Waals surface area contributed by atoms with Crippen molar-refractivity contribution in [1.29, 1.82) is 0 Å². The Bertz CT molecular complexity index is 624. The first-order chi connectivity index (χ1) is 8.97. The fourth-order valence-electron chi connectivity index (χ4n) is 1.71. The van der Waals surface area contributed by atoms with Crippen molar-refractivity contribution in [2.75, 3.05) is 0 Å². The lowest BCUT2D eigenvalue weighted by Crippen LogP contribution is -1.98. The van der Waals surface area contributed by atoms with Crippen molar-refractivity contribution in [2.45, 2.75) is 20.5 Å². The molecule has 1 heterocycles. The third kappa shape index (κ3) is 3.33. The second-order valence-electron chi connectivity index (χ2n) is 4.18. The smallest absolute Gasteiger partial charge is 0.272 e. The SMILES string of the molecule is Cc1cc([N+](=O)[O-])c(C)cc1OCc1cc(Br)cs1. The Hall–Kier alpha value is -1.40. The summed E-state index contributed by atoms with van der Waals surface area (Å²) in [6.45, 7) is 3.99. The molecule has 0 saturated heterocycles. The average Bonchev–Trinajstić information content (AvgIpc) is 2.75. The fraction of sp³-hybridized carbons (Fsp3) is 0.231. The minimum atomic E-state index is -0.373. The zero-order chi connectivity index (χ0) is 14.0. The number of nitrogens with zero attached hydrogens (tertiary/aromatic N) is 1. The minimum Gasteiger partial charge on any atom is -0.488 e. The fourth-order valence-corrected chi connectivity index (χ4v) is 3.07. The van der Waals surface area contributed by atoms with Gasteiger partial charge in [0.15, 0.2) is 0 Å². The molecule has 0 radical (unpaired) electrons. The molecule has 0 unspecified atom stereocenters. The summed E-state index contributed by atoms with van der Waals surface area (Å²) in [6.07, 6.45) is 0. The first kappa shape index (κ1) is 14.0. The summed E-state index contributed by atoms with van der Waals surface area (Å²) in [5.74, 6) is 0.688. The maximum Gasteiger partial charge on any atom is 0.272 e.